The van der Waals surface area contributed by atoms with Crippen LogP contribution in [0.5, 0.6) is 0 Å². The molecule has 0 saturated carbocycles. The first kappa shape index (κ1) is 27.0. The Morgan fingerprint density at radius 1 is 0.550 bits per heavy atom. The molecule has 0 bridgehead atoms. The monoisotopic (exact) mass is 586 g/mol. The Kier molecular flexibility index (Phi) is 7.90. The average molecular weight is 587 g/mol. The van der Waals surface area contributed by atoms with Crippen molar-refractivity contribution in [3.8, 4) is 45.2 Å². The van der Waals surface area contributed by atoms with Crippen LogP contribution in [0.1, 0.15) is 20.9 Å². The van der Waals surface area contributed by atoms with Crippen LogP contribution in [-0.4, -0.2) is 0 Å². The highest BCUT2D eigenvalue weighted by Crippen LogP contribution is 2.37. The van der Waals surface area contributed by atoms with Gasteiger partial charge in [-0.15, -0.1) is 45.3 Å². The van der Waals surface area contributed by atoms with Crippen LogP contribution in [0.4, 0.5) is 0 Å². The summed E-state index contributed by atoms with van der Waals surface area (Å²) < 4.78 is 3.40. The second-order valence-corrected chi connectivity index (χ2v) is 13.2. The molecule has 40 heavy (non-hydrogen) atoms. The molecular formula is C32H18N4S4. The summed E-state index contributed by atoms with van der Waals surface area (Å²) in [5, 5.41) is 36.5. The molecule has 0 unspecified atom stereocenters. The molecule has 0 N–H and O–H groups in total. The molecule has 0 radical (unpaired) electrons. The molecule has 8 heteroatoms. The molecule has 0 spiro atoms. The van der Waals surface area contributed by atoms with Crippen LogP contribution in [0.25, 0.3) is 44.2 Å². The Hall–Kier alpha value is -4.54. The first-order valence-corrected chi connectivity index (χ1v) is 15.2. The number of nitrogens with zero attached hydrogens (tertiary/aromatic N) is 4. The lowest BCUT2D eigenvalue weighted by molar-refractivity contribution is 1.51. The van der Waals surface area contributed by atoms with E-state index < -0.39 is 0 Å². The van der Waals surface area contributed by atoms with Gasteiger partial charge in [-0.25, -0.2) is 0 Å². The summed E-state index contributed by atoms with van der Waals surface area (Å²) in [6.45, 7) is 4.23. The van der Waals surface area contributed by atoms with E-state index in [4.69, 9.17) is 21.0 Å². The molecule has 4 aromatic heterocycles. The lowest BCUT2D eigenvalue weighted by atomic mass is 10.1. The Morgan fingerprint density at radius 3 is 1.27 bits per heavy atom. The van der Waals surface area contributed by atoms with Crippen molar-refractivity contribution in [2.24, 2.45) is 0 Å². The van der Waals surface area contributed by atoms with Crippen LogP contribution < -0.4 is 18.1 Å². The SMILES string of the molecule is Cc1cc(/C=c2\ccc(=C(C#N)C#N)s2)sc1-c1ccc(-c2sc(/C=c3\ccc(=C(C#N)C#N)s3)cc2C)cc1. The van der Waals surface area contributed by atoms with Gasteiger partial charge in [0.25, 0.3) is 0 Å². The van der Waals surface area contributed by atoms with Crippen molar-refractivity contribution in [1.29, 1.82) is 21.0 Å². The molecule has 190 valence electrons. The van der Waals surface area contributed by atoms with Crippen LogP contribution in [0.15, 0.2) is 60.7 Å². The molecule has 5 rings (SSSR count). The van der Waals surface area contributed by atoms with E-state index in [-0.39, 0.29) is 11.1 Å². The van der Waals surface area contributed by atoms with Gasteiger partial charge in [-0.1, -0.05) is 24.3 Å². The van der Waals surface area contributed by atoms with Crippen molar-refractivity contribution in [3.63, 3.8) is 0 Å². The lowest BCUT2D eigenvalue weighted by Crippen LogP contribution is -1.96. The average Bonchev–Trinajstić information content (AvgIpc) is 3.75. The van der Waals surface area contributed by atoms with E-state index >= 15 is 0 Å². The Labute approximate surface area is 247 Å². The highest BCUT2D eigenvalue weighted by molar-refractivity contribution is 7.17. The molecular weight excluding hydrogens is 569 g/mol. The number of hydrogen-bond donors (Lipinski definition) is 0. The van der Waals surface area contributed by atoms with Crippen molar-refractivity contribution in [2.75, 3.05) is 0 Å². The van der Waals surface area contributed by atoms with Crippen LogP contribution in [-0.2, 0) is 0 Å². The van der Waals surface area contributed by atoms with E-state index in [0.29, 0.717) is 9.06 Å². The van der Waals surface area contributed by atoms with E-state index in [1.165, 1.54) is 43.6 Å². The minimum Gasteiger partial charge on any atom is -0.192 e. The molecule has 0 amide bonds. The second kappa shape index (κ2) is 11.7. The lowest BCUT2D eigenvalue weighted by Gasteiger charge is -2.03. The van der Waals surface area contributed by atoms with Crippen molar-refractivity contribution >= 4 is 68.6 Å². The van der Waals surface area contributed by atoms with Crippen molar-refractivity contribution in [1.82, 2.24) is 0 Å². The fourth-order valence-corrected chi connectivity index (χ4v) is 8.40. The fourth-order valence-electron chi connectivity index (χ4n) is 4.18. The smallest absolute Gasteiger partial charge is 0.146 e. The first-order chi connectivity index (χ1) is 19.4. The third-order valence-electron chi connectivity index (χ3n) is 6.05. The van der Waals surface area contributed by atoms with Gasteiger partial charge in [0.05, 0.1) is 9.06 Å². The first-order valence-electron chi connectivity index (χ1n) is 12.0. The van der Waals surface area contributed by atoms with Gasteiger partial charge in [0.15, 0.2) is 0 Å². The van der Waals surface area contributed by atoms with E-state index in [1.54, 1.807) is 22.7 Å². The molecule has 1 aromatic carbocycles. The molecule has 0 fully saturated rings. The van der Waals surface area contributed by atoms with Gasteiger partial charge >= 0.3 is 0 Å². The summed E-state index contributed by atoms with van der Waals surface area (Å²) in [5.74, 6) is 0. The van der Waals surface area contributed by atoms with Crippen LogP contribution in [0, 0.1) is 59.2 Å². The summed E-state index contributed by atoms with van der Waals surface area (Å²) in [7, 11) is 0. The number of aryl methyl sites for hydroxylation is 2. The predicted molar refractivity (Wildman–Crippen MR) is 166 cm³/mol. The van der Waals surface area contributed by atoms with Gasteiger partial charge in [0.2, 0.25) is 0 Å². The fraction of sp³-hybridized carbons (Fsp3) is 0.0625. The van der Waals surface area contributed by atoms with E-state index in [9.17, 15) is 0 Å². The molecule has 4 nitrogen and oxygen atoms in total. The van der Waals surface area contributed by atoms with Gasteiger partial charge in [-0.05, 0) is 84.7 Å². The summed E-state index contributed by atoms with van der Waals surface area (Å²) in [6.07, 6.45) is 4.19. The standard InChI is InChI=1S/C32H18N4S4/c1-19-11-27(13-25-7-9-29(37-25)23(15-33)16-34)39-31(19)21-3-5-22(6-4-21)32-20(2)12-28(40-32)14-26-8-10-30(38-26)24(17-35)18-36/h3-14H,1-2H3/b25-13+,26-14+. The quantitative estimate of drug-likeness (QED) is 0.261. The predicted octanol–water partition coefficient (Wildman–Crippen LogP) is 5.94. The minimum atomic E-state index is 0.142. The summed E-state index contributed by atoms with van der Waals surface area (Å²) in [6, 6.07) is 28.3. The van der Waals surface area contributed by atoms with Gasteiger partial charge in [0, 0.05) is 28.6 Å². The zero-order valence-corrected chi connectivity index (χ0v) is 24.6. The molecule has 0 aliphatic carbocycles. The zero-order chi connectivity index (χ0) is 28.2. The van der Waals surface area contributed by atoms with Crippen molar-refractivity contribution in [3.05, 3.63) is 99.7 Å². The number of hydrogen-bond acceptors (Lipinski definition) is 8. The molecule has 0 aliphatic rings. The number of benzene rings is 1. The van der Waals surface area contributed by atoms with Gasteiger partial charge in [-0.3, -0.25) is 0 Å². The molecule has 5 aromatic rings. The molecule has 0 saturated heterocycles. The molecule has 4 heterocycles. The highest BCUT2D eigenvalue weighted by atomic mass is 32.1. The van der Waals surface area contributed by atoms with Gasteiger partial charge in [-0.2, -0.15) is 21.0 Å². The van der Waals surface area contributed by atoms with E-state index in [2.05, 4.69) is 62.4 Å². The Balaban J connectivity index is 1.42. The molecule has 0 aliphatic heterocycles. The topological polar surface area (TPSA) is 95.2 Å². The van der Waals surface area contributed by atoms with Crippen LogP contribution >= 0.6 is 45.3 Å². The minimum absolute atomic E-state index is 0.142. The zero-order valence-electron chi connectivity index (χ0n) is 21.4. The Bertz CT molecular complexity index is 1990. The van der Waals surface area contributed by atoms with Crippen molar-refractivity contribution < 1.29 is 0 Å². The Morgan fingerprint density at radius 2 is 0.925 bits per heavy atom. The third kappa shape index (κ3) is 5.58. The second-order valence-electron chi connectivity index (χ2n) is 8.79. The van der Waals surface area contributed by atoms with E-state index in [1.807, 2.05) is 48.5 Å². The van der Waals surface area contributed by atoms with Crippen LogP contribution in [0.3, 0.4) is 0 Å². The maximum Gasteiger partial charge on any atom is 0.146 e. The van der Waals surface area contributed by atoms with Gasteiger partial charge in [0.1, 0.15) is 35.4 Å². The maximum atomic E-state index is 9.12. The van der Waals surface area contributed by atoms with Gasteiger partial charge < -0.3 is 0 Å². The summed E-state index contributed by atoms with van der Waals surface area (Å²) in [4.78, 5) is 4.68. The largest absolute Gasteiger partial charge is 0.192 e. The normalized spacial score (nSPS) is 11.4. The van der Waals surface area contributed by atoms with E-state index in [0.717, 1.165) is 29.9 Å². The third-order valence-corrected chi connectivity index (χ3v) is 10.6. The number of rotatable bonds is 4. The summed E-state index contributed by atoms with van der Waals surface area (Å²) in [5.41, 5.74) is 5.02. The highest BCUT2D eigenvalue weighted by Gasteiger charge is 2.11. The van der Waals surface area contributed by atoms with Crippen LogP contribution in [0.2, 0.25) is 0 Å². The summed E-state index contributed by atoms with van der Waals surface area (Å²) >= 11 is 6.34. The van der Waals surface area contributed by atoms with Crippen molar-refractivity contribution in [2.45, 2.75) is 13.8 Å². The number of nitriles is 4. The molecule has 0 atom stereocenters. The number of thiophene rings is 4. The maximum absolute atomic E-state index is 9.12.